The Balaban J connectivity index is 1.80. The fourth-order valence-corrected chi connectivity index (χ4v) is 5.92. The van der Waals surface area contributed by atoms with E-state index in [4.69, 9.17) is 18.9 Å². The largest absolute Gasteiger partial charge is 0.493 e. The van der Waals surface area contributed by atoms with Gasteiger partial charge in [-0.2, -0.15) is 0 Å². The number of methoxy groups -OCH3 is 2. The second-order valence-electron chi connectivity index (χ2n) is 13.3. The van der Waals surface area contributed by atoms with Crippen molar-refractivity contribution in [2.75, 3.05) is 47.1 Å². The van der Waals surface area contributed by atoms with Gasteiger partial charge in [0.1, 0.15) is 5.60 Å². The fraction of sp³-hybridized carbons (Fsp3) is 0.735. The van der Waals surface area contributed by atoms with Gasteiger partial charge < -0.3 is 38.8 Å². The first-order valence-corrected chi connectivity index (χ1v) is 16.4. The molecule has 2 aliphatic rings. The average Bonchev–Trinajstić information content (AvgIpc) is 3.83. The van der Waals surface area contributed by atoms with Gasteiger partial charge >= 0.3 is 6.09 Å². The summed E-state index contributed by atoms with van der Waals surface area (Å²) in [5.41, 5.74) is -0.191. The summed E-state index contributed by atoms with van der Waals surface area (Å²) in [5.74, 6) is 0.960. The number of rotatable bonds is 16. The summed E-state index contributed by atoms with van der Waals surface area (Å²) in [6, 6.07) is 4.99. The van der Waals surface area contributed by atoms with Crippen LogP contribution in [-0.2, 0) is 14.3 Å². The van der Waals surface area contributed by atoms with E-state index in [0.717, 1.165) is 12.8 Å². The third-order valence-corrected chi connectivity index (χ3v) is 8.21. The maximum absolute atomic E-state index is 14.1. The molecule has 11 nitrogen and oxygen atoms in total. The molecule has 0 unspecified atom stereocenters. The molecular formula is C34H55N3O8. The number of nitrogens with zero attached hydrogens (tertiary/aromatic N) is 3. The minimum absolute atomic E-state index is 0.00893. The number of amides is 3. The lowest BCUT2D eigenvalue weighted by molar-refractivity contribution is -0.132. The monoisotopic (exact) mass is 633 g/mol. The Morgan fingerprint density at radius 1 is 1.00 bits per heavy atom. The molecule has 1 saturated heterocycles. The van der Waals surface area contributed by atoms with Crippen LogP contribution in [0.5, 0.6) is 11.5 Å². The van der Waals surface area contributed by atoms with Crippen LogP contribution in [-0.4, -0.2) is 115 Å². The fourth-order valence-electron chi connectivity index (χ4n) is 5.92. The zero-order valence-corrected chi connectivity index (χ0v) is 28.4. The van der Waals surface area contributed by atoms with Crippen LogP contribution in [0.15, 0.2) is 18.2 Å². The van der Waals surface area contributed by atoms with Crippen LogP contribution in [0.2, 0.25) is 0 Å². The highest BCUT2D eigenvalue weighted by Crippen LogP contribution is 2.33. The smallest absolute Gasteiger partial charge is 0.410 e. The highest BCUT2D eigenvalue weighted by atomic mass is 16.6. The van der Waals surface area contributed by atoms with Gasteiger partial charge in [-0.25, -0.2) is 4.79 Å². The number of carbonyl (C=O) groups is 3. The number of aliphatic hydroxyl groups is 1. The van der Waals surface area contributed by atoms with Gasteiger partial charge in [-0.1, -0.05) is 0 Å². The van der Waals surface area contributed by atoms with E-state index in [1.807, 2.05) is 44.4 Å². The summed E-state index contributed by atoms with van der Waals surface area (Å²) >= 11 is 0. The molecule has 0 aromatic heterocycles. The SMILES string of the molecule is COCCCOc1cc(C(=O)N(C(C)C)[C@@H]2CC[C@H](CCN(C(=O)CCCO)C3CC3)N(C(=O)OC(C)(C)C)C2)ccc1OC. The van der Waals surface area contributed by atoms with Crippen molar-refractivity contribution in [2.45, 2.75) is 116 Å². The van der Waals surface area contributed by atoms with Crippen LogP contribution in [0.1, 0.15) is 96.3 Å². The minimum Gasteiger partial charge on any atom is -0.493 e. The van der Waals surface area contributed by atoms with Crippen molar-refractivity contribution in [1.29, 1.82) is 0 Å². The minimum atomic E-state index is -0.675. The maximum atomic E-state index is 14.1. The van der Waals surface area contributed by atoms with Crippen LogP contribution >= 0.6 is 0 Å². The Morgan fingerprint density at radius 3 is 2.31 bits per heavy atom. The second-order valence-corrected chi connectivity index (χ2v) is 13.3. The second kappa shape index (κ2) is 17.0. The van der Waals surface area contributed by atoms with Crippen LogP contribution in [0.3, 0.4) is 0 Å². The van der Waals surface area contributed by atoms with Crippen LogP contribution in [0.4, 0.5) is 4.79 Å². The Hall–Kier alpha value is -3.05. The molecule has 2 fully saturated rings. The number of aliphatic hydroxyl groups excluding tert-OH is 1. The van der Waals surface area contributed by atoms with E-state index < -0.39 is 11.7 Å². The number of likely N-dealkylation sites (tertiary alicyclic amines) is 1. The van der Waals surface area contributed by atoms with Crippen molar-refractivity contribution < 1.29 is 38.4 Å². The van der Waals surface area contributed by atoms with Gasteiger partial charge in [0, 0.05) is 69.9 Å². The third-order valence-electron chi connectivity index (χ3n) is 8.21. The number of benzene rings is 1. The molecule has 11 heteroatoms. The van der Waals surface area contributed by atoms with Gasteiger partial charge in [0.15, 0.2) is 11.5 Å². The van der Waals surface area contributed by atoms with Gasteiger partial charge in [0.25, 0.3) is 5.91 Å². The predicted molar refractivity (Wildman–Crippen MR) is 172 cm³/mol. The Morgan fingerprint density at radius 2 is 1.71 bits per heavy atom. The zero-order valence-electron chi connectivity index (χ0n) is 28.4. The molecule has 1 aliphatic heterocycles. The van der Waals surface area contributed by atoms with Crippen LogP contribution in [0.25, 0.3) is 0 Å². The third kappa shape index (κ3) is 10.8. The van der Waals surface area contributed by atoms with E-state index in [2.05, 4.69) is 0 Å². The van der Waals surface area contributed by atoms with E-state index in [9.17, 15) is 19.5 Å². The molecule has 1 aliphatic carbocycles. The number of piperidine rings is 1. The first-order valence-electron chi connectivity index (χ1n) is 16.4. The normalized spacial score (nSPS) is 18.5. The summed E-state index contributed by atoms with van der Waals surface area (Å²) in [6.45, 7) is 11.4. The first-order chi connectivity index (χ1) is 21.4. The van der Waals surface area contributed by atoms with Crippen LogP contribution in [0, 0.1) is 0 Å². The topological polar surface area (TPSA) is 118 Å². The van der Waals surface area contributed by atoms with Crippen molar-refractivity contribution in [3.8, 4) is 11.5 Å². The average molecular weight is 634 g/mol. The van der Waals surface area contributed by atoms with Gasteiger partial charge in [-0.3, -0.25) is 9.59 Å². The lowest BCUT2D eigenvalue weighted by Crippen LogP contribution is -2.58. The summed E-state index contributed by atoms with van der Waals surface area (Å²) in [5, 5.41) is 9.21. The molecule has 0 spiro atoms. The predicted octanol–water partition coefficient (Wildman–Crippen LogP) is 4.88. The number of hydrogen-bond donors (Lipinski definition) is 1. The molecule has 1 N–H and O–H groups in total. The molecule has 2 atom stereocenters. The van der Waals surface area contributed by atoms with Crippen molar-refractivity contribution in [2.24, 2.45) is 0 Å². The van der Waals surface area contributed by atoms with E-state index in [0.29, 0.717) is 81.9 Å². The molecule has 1 aromatic carbocycles. The molecule has 254 valence electrons. The van der Waals surface area contributed by atoms with Gasteiger partial charge in [-0.05, 0) is 91.3 Å². The van der Waals surface area contributed by atoms with Crippen molar-refractivity contribution in [3.63, 3.8) is 0 Å². The van der Waals surface area contributed by atoms with E-state index in [1.165, 1.54) is 0 Å². The molecule has 3 rings (SSSR count). The molecule has 0 bridgehead atoms. The molecule has 45 heavy (non-hydrogen) atoms. The van der Waals surface area contributed by atoms with Gasteiger partial charge in [-0.15, -0.1) is 0 Å². The number of ether oxygens (including phenoxy) is 4. The summed E-state index contributed by atoms with van der Waals surface area (Å²) in [6.07, 6.45) is 5.08. The Bertz CT molecular complexity index is 1120. The zero-order chi connectivity index (χ0) is 33.1. The standard InChI is InChI=1S/C34H55N3O8/c1-24(2)37(32(40)25-11-16-29(43-7)30(22-25)44-21-9-20-42-6)28-15-14-27(36(23-28)33(41)45-34(3,4)5)17-18-35(26-12-13-26)31(39)10-8-19-38/h11,16,22,24,26-28,38H,8-10,12-15,17-21,23H2,1-7H3/t27-,28-/m1/s1. The van der Waals surface area contributed by atoms with Crippen molar-refractivity contribution in [1.82, 2.24) is 14.7 Å². The highest BCUT2D eigenvalue weighted by Gasteiger charge is 2.40. The van der Waals surface area contributed by atoms with Crippen molar-refractivity contribution in [3.05, 3.63) is 23.8 Å². The summed E-state index contributed by atoms with van der Waals surface area (Å²) in [7, 11) is 3.21. The number of carbonyl (C=O) groups excluding carboxylic acids is 3. The molecule has 0 radical (unpaired) electrons. The van der Waals surface area contributed by atoms with Crippen molar-refractivity contribution >= 4 is 17.9 Å². The Kier molecular flexibility index (Phi) is 13.8. The molecule has 3 amide bonds. The Labute approximate surface area is 269 Å². The lowest BCUT2D eigenvalue weighted by atomic mass is 9.93. The lowest BCUT2D eigenvalue weighted by Gasteiger charge is -2.45. The summed E-state index contributed by atoms with van der Waals surface area (Å²) < 4.78 is 22.4. The van der Waals surface area contributed by atoms with Gasteiger partial charge in [0.2, 0.25) is 5.91 Å². The molecule has 1 aromatic rings. The van der Waals surface area contributed by atoms with Crippen LogP contribution < -0.4 is 9.47 Å². The molecule has 1 saturated carbocycles. The maximum Gasteiger partial charge on any atom is 0.410 e. The highest BCUT2D eigenvalue weighted by molar-refractivity contribution is 5.95. The summed E-state index contributed by atoms with van der Waals surface area (Å²) in [4.78, 5) is 46.1. The first kappa shape index (κ1) is 36.4. The van der Waals surface area contributed by atoms with E-state index in [1.54, 1.807) is 37.3 Å². The molecule has 1 heterocycles. The van der Waals surface area contributed by atoms with E-state index >= 15 is 0 Å². The van der Waals surface area contributed by atoms with E-state index in [-0.39, 0.29) is 42.6 Å². The quantitative estimate of drug-likeness (QED) is 0.256. The van der Waals surface area contributed by atoms with Gasteiger partial charge in [0.05, 0.1) is 19.8 Å². The molecular weight excluding hydrogens is 578 g/mol. The number of hydrogen-bond acceptors (Lipinski definition) is 8.